The minimum atomic E-state index is -3.77. The molecule has 11 heteroatoms. The standard InChI is InChI=1S/C28H27N5O4S2/c34-26(25-3-1-2-14-30-25)18-29-15-12-20-4-8-23(9-5-20)33-39(35,36)24-10-6-22(7-11-24)28-31-27(37-32-28)17-21-13-16-38-19-21/h1-11,13-14,16,19,26,29,33-34H,12,15,17-18H2/t26-/m1/s1. The molecule has 0 saturated heterocycles. The number of sulfonamides is 1. The van der Waals surface area contributed by atoms with Gasteiger partial charge in [-0.2, -0.15) is 16.3 Å². The molecule has 5 rings (SSSR count). The van der Waals surface area contributed by atoms with Crippen molar-refractivity contribution in [1.29, 1.82) is 0 Å². The van der Waals surface area contributed by atoms with Gasteiger partial charge in [0.2, 0.25) is 11.7 Å². The molecule has 5 aromatic rings. The molecule has 0 bridgehead atoms. The molecular formula is C28H27N5O4S2. The van der Waals surface area contributed by atoms with Crippen LogP contribution in [0.1, 0.15) is 28.8 Å². The number of hydrogen-bond donors (Lipinski definition) is 3. The predicted molar refractivity (Wildman–Crippen MR) is 150 cm³/mol. The Hall–Kier alpha value is -3.90. The lowest BCUT2D eigenvalue weighted by Crippen LogP contribution is -2.24. The Morgan fingerprint density at radius 1 is 0.974 bits per heavy atom. The maximum Gasteiger partial charge on any atom is 0.261 e. The minimum absolute atomic E-state index is 0.132. The predicted octanol–water partition coefficient (Wildman–Crippen LogP) is 4.45. The first-order valence-electron chi connectivity index (χ1n) is 12.3. The normalized spacial score (nSPS) is 12.3. The molecule has 0 unspecified atom stereocenters. The van der Waals surface area contributed by atoms with Gasteiger partial charge in [-0.05, 0) is 89.4 Å². The number of aliphatic hydroxyl groups is 1. The molecule has 1 atom stereocenters. The fourth-order valence-corrected chi connectivity index (χ4v) is 5.62. The second-order valence-electron chi connectivity index (χ2n) is 8.87. The molecule has 3 aromatic heterocycles. The Bertz CT molecular complexity index is 1570. The van der Waals surface area contributed by atoms with Gasteiger partial charge in [-0.15, -0.1) is 0 Å². The highest BCUT2D eigenvalue weighted by Gasteiger charge is 2.16. The number of benzene rings is 2. The van der Waals surface area contributed by atoms with E-state index in [1.807, 2.05) is 41.1 Å². The third-order valence-electron chi connectivity index (χ3n) is 5.99. The van der Waals surface area contributed by atoms with E-state index >= 15 is 0 Å². The molecule has 2 aromatic carbocycles. The fraction of sp³-hybridized carbons (Fsp3) is 0.179. The molecule has 0 aliphatic carbocycles. The molecule has 0 aliphatic rings. The molecule has 0 spiro atoms. The number of hydrogen-bond acceptors (Lipinski definition) is 9. The summed E-state index contributed by atoms with van der Waals surface area (Å²) in [4.78, 5) is 8.70. The third-order valence-corrected chi connectivity index (χ3v) is 8.12. The third kappa shape index (κ3) is 7.15. The Balaban J connectivity index is 1.12. The van der Waals surface area contributed by atoms with Gasteiger partial charge >= 0.3 is 0 Å². The van der Waals surface area contributed by atoms with Crippen LogP contribution in [0.25, 0.3) is 11.4 Å². The molecule has 3 N–H and O–H groups in total. The summed E-state index contributed by atoms with van der Waals surface area (Å²) in [7, 11) is -3.77. The van der Waals surface area contributed by atoms with Crippen molar-refractivity contribution in [2.75, 3.05) is 17.8 Å². The molecule has 3 heterocycles. The summed E-state index contributed by atoms with van der Waals surface area (Å²) in [5.41, 5.74) is 3.91. The summed E-state index contributed by atoms with van der Waals surface area (Å²) in [6.45, 7) is 1.06. The zero-order valence-corrected chi connectivity index (χ0v) is 22.5. The van der Waals surface area contributed by atoms with E-state index in [0.29, 0.717) is 48.2 Å². The van der Waals surface area contributed by atoms with E-state index < -0.39 is 16.1 Å². The van der Waals surface area contributed by atoms with E-state index in [1.54, 1.807) is 47.9 Å². The number of aromatic nitrogens is 3. The van der Waals surface area contributed by atoms with Crippen LogP contribution in [-0.2, 0) is 22.9 Å². The number of aliphatic hydroxyl groups excluding tert-OH is 1. The van der Waals surface area contributed by atoms with Gasteiger partial charge in [0, 0.05) is 24.0 Å². The highest BCUT2D eigenvalue weighted by Crippen LogP contribution is 2.22. The summed E-state index contributed by atoms with van der Waals surface area (Å²) < 4.78 is 33.8. The number of nitrogens with one attached hydrogen (secondary N) is 2. The lowest BCUT2D eigenvalue weighted by molar-refractivity contribution is 0.170. The van der Waals surface area contributed by atoms with Gasteiger partial charge in [0.05, 0.1) is 17.0 Å². The Kier molecular flexibility index (Phi) is 8.42. The molecule has 0 saturated carbocycles. The zero-order chi connectivity index (χ0) is 27.1. The van der Waals surface area contributed by atoms with Gasteiger partial charge < -0.3 is 14.9 Å². The molecular weight excluding hydrogens is 534 g/mol. The average molecular weight is 562 g/mol. The summed E-state index contributed by atoms with van der Waals surface area (Å²) in [6, 6.07) is 21.0. The smallest absolute Gasteiger partial charge is 0.261 e. The second-order valence-corrected chi connectivity index (χ2v) is 11.3. The first-order valence-corrected chi connectivity index (χ1v) is 14.7. The van der Waals surface area contributed by atoms with Crippen LogP contribution in [0.3, 0.4) is 0 Å². The van der Waals surface area contributed by atoms with Crippen molar-refractivity contribution in [3.05, 3.63) is 112 Å². The van der Waals surface area contributed by atoms with Crippen molar-refractivity contribution < 1.29 is 18.0 Å². The van der Waals surface area contributed by atoms with Crippen LogP contribution in [0.5, 0.6) is 0 Å². The van der Waals surface area contributed by atoms with Gasteiger partial charge in [0.25, 0.3) is 10.0 Å². The van der Waals surface area contributed by atoms with Gasteiger partial charge in [0.1, 0.15) is 6.10 Å². The van der Waals surface area contributed by atoms with Crippen molar-refractivity contribution >= 4 is 27.0 Å². The molecule has 9 nitrogen and oxygen atoms in total. The van der Waals surface area contributed by atoms with E-state index in [2.05, 4.69) is 25.2 Å². The van der Waals surface area contributed by atoms with Crippen molar-refractivity contribution in [1.82, 2.24) is 20.4 Å². The largest absolute Gasteiger partial charge is 0.385 e. The van der Waals surface area contributed by atoms with Crippen LogP contribution < -0.4 is 10.0 Å². The Morgan fingerprint density at radius 3 is 2.51 bits per heavy atom. The van der Waals surface area contributed by atoms with Crippen molar-refractivity contribution in [2.24, 2.45) is 0 Å². The zero-order valence-electron chi connectivity index (χ0n) is 20.9. The van der Waals surface area contributed by atoms with E-state index in [9.17, 15) is 13.5 Å². The van der Waals surface area contributed by atoms with E-state index in [1.165, 1.54) is 12.1 Å². The molecule has 0 radical (unpaired) electrons. The fourth-order valence-electron chi connectivity index (χ4n) is 3.90. The van der Waals surface area contributed by atoms with E-state index in [-0.39, 0.29) is 4.90 Å². The number of pyridine rings is 1. The highest BCUT2D eigenvalue weighted by molar-refractivity contribution is 7.92. The number of nitrogens with zero attached hydrogens (tertiary/aromatic N) is 3. The Labute approximate surface area is 230 Å². The first kappa shape index (κ1) is 26.7. The van der Waals surface area contributed by atoms with Gasteiger partial charge in [0.15, 0.2) is 0 Å². The molecule has 0 aliphatic heterocycles. The summed E-state index contributed by atoms with van der Waals surface area (Å²) in [5.74, 6) is 0.913. The maximum absolute atomic E-state index is 12.9. The van der Waals surface area contributed by atoms with Crippen molar-refractivity contribution in [3.8, 4) is 11.4 Å². The maximum atomic E-state index is 12.9. The summed E-state index contributed by atoms with van der Waals surface area (Å²) in [5, 5.41) is 21.4. The van der Waals surface area contributed by atoms with Crippen LogP contribution in [0.2, 0.25) is 0 Å². The first-order chi connectivity index (χ1) is 19.0. The molecule has 200 valence electrons. The van der Waals surface area contributed by atoms with Crippen LogP contribution in [-0.4, -0.2) is 41.7 Å². The lowest BCUT2D eigenvalue weighted by Gasteiger charge is -2.12. The minimum Gasteiger partial charge on any atom is -0.385 e. The quantitative estimate of drug-likeness (QED) is 0.191. The molecule has 0 fully saturated rings. The van der Waals surface area contributed by atoms with Crippen LogP contribution in [0, 0.1) is 0 Å². The van der Waals surface area contributed by atoms with Crippen LogP contribution in [0.15, 0.2) is 99.2 Å². The van der Waals surface area contributed by atoms with Crippen LogP contribution >= 0.6 is 11.3 Å². The SMILES string of the molecule is O=S(=O)(Nc1ccc(CCNC[C@@H](O)c2ccccn2)cc1)c1ccc(-c2noc(Cc3ccsc3)n2)cc1. The van der Waals surface area contributed by atoms with Crippen molar-refractivity contribution in [2.45, 2.75) is 23.8 Å². The lowest BCUT2D eigenvalue weighted by atomic mass is 10.1. The Morgan fingerprint density at radius 2 is 1.79 bits per heavy atom. The van der Waals surface area contributed by atoms with Crippen molar-refractivity contribution in [3.63, 3.8) is 0 Å². The van der Waals surface area contributed by atoms with Gasteiger partial charge in [-0.1, -0.05) is 23.4 Å². The monoisotopic (exact) mass is 561 g/mol. The number of anilines is 1. The highest BCUT2D eigenvalue weighted by atomic mass is 32.2. The van der Waals surface area contributed by atoms with E-state index in [4.69, 9.17) is 4.52 Å². The number of thiophene rings is 1. The second kappa shape index (κ2) is 12.3. The van der Waals surface area contributed by atoms with Gasteiger partial charge in [-0.25, -0.2) is 8.42 Å². The topological polar surface area (TPSA) is 130 Å². The average Bonchev–Trinajstić information content (AvgIpc) is 3.65. The number of rotatable bonds is 12. The van der Waals surface area contributed by atoms with E-state index in [0.717, 1.165) is 17.5 Å². The van der Waals surface area contributed by atoms with Gasteiger partial charge in [-0.3, -0.25) is 9.71 Å². The summed E-state index contributed by atoms with van der Waals surface area (Å²) in [6.07, 6.45) is 2.27. The molecule has 39 heavy (non-hydrogen) atoms. The van der Waals surface area contributed by atoms with Crippen LogP contribution in [0.4, 0.5) is 5.69 Å². The molecule has 0 amide bonds. The summed E-state index contributed by atoms with van der Waals surface area (Å²) >= 11 is 1.61.